The summed E-state index contributed by atoms with van der Waals surface area (Å²) in [6.07, 6.45) is 0. The Kier molecular flexibility index (Phi) is 3.69. The van der Waals surface area contributed by atoms with Crippen LogP contribution in [0.25, 0.3) is 10.4 Å². The smallest absolute Gasteiger partial charge is 0.132 e. The molecule has 0 bridgehead atoms. The van der Waals surface area contributed by atoms with E-state index >= 15 is 0 Å². The van der Waals surface area contributed by atoms with Gasteiger partial charge in [-0.25, -0.2) is 0 Å². The summed E-state index contributed by atoms with van der Waals surface area (Å²) in [5.41, 5.74) is 8.44. The summed E-state index contributed by atoms with van der Waals surface area (Å²) in [6, 6.07) is 4.62. The lowest BCUT2D eigenvalue weighted by Crippen LogP contribution is -1.77. The van der Waals surface area contributed by atoms with E-state index in [1.165, 1.54) is 6.07 Å². The van der Waals surface area contributed by atoms with Gasteiger partial charge in [-0.2, -0.15) is 0 Å². The molecule has 0 saturated carbocycles. The summed E-state index contributed by atoms with van der Waals surface area (Å²) in [5.74, 6) is 5.26. The fourth-order valence-electron chi connectivity index (χ4n) is 0.812. The normalized spacial score (nSPS) is 8.36. The van der Waals surface area contributed by atoms with E-state index in [0.29, 0.717) is 10.6 Å². The van der Waals surface area contributed by atoms with Crippen LogP contribution in [0.5, 0.6) is 5.75 Å². The van der Waals surface area contributed by atoms with E-state index in [-0.39, 0.29) is 12.3 Å². The van der Waals surface area contributed by atoms with Crippen LogP contribution < -0.4 is 0 Å². The fraction of sp³-hybridized carbons (Fsp3) is 0.111. The number of phenols is 1. The van der Waals surface area contributed by atoms with Gasteiger partial charge in [0, 0.05) is 9.93 Å². The molecule has 14 heavy (non-hydrogen) atoms. The van der Waals surface area contributed by atoms with Crippen molar-refractivity contribution >= 4 is 11.6 Å². The number of phenolic OH excluding ortho intramolecular Hbond substituents is 1. The molecule has 0 spiro atoms. The van der Waals surface area contributed by atoms with Crippen molar-refractivity contribution in [3.05, 3.63) is 39.2 Å². The molecule has 0 aliphatic heterocycles. The van der Waals surface area contributed by atoms with Crippen molar-refractivity contribution in [2.75, 3.05) is 6.54 Å². The second-order valence-electron chi connectivity index (χ2n) is 2.35. The first-order valence-corrected chi connectivity index (χ1v) is 4.10. The lowest BCUT2D eigenvalue weighted by molar-refractivity contribution is 0.474. The van der Waals surface area contributed by atoms with Gasteiger partial charge in [0.15, 0.2) is 0 Å². The SMILES string of the molecule is [N-]=[N+]=NCC#Cc1ccc(Cl)cc1O. The van der Waals surface area contributed by atoms with Gasteiger partial charge in [-0.05, 0) is 23.7 Å². The highest BCUT2D eigenvalue weighted by Crippen LogP contribution is 2.20. The van der Waals surface area contributed by atoms with Crippen LogP contribution in [-0.4, -0.2) is 11.7 Å². The van der Waals surface area contributed by atoms with Gasteiger partial charge in [0.2, 0.25) is 0 Å². The first-order valence-electron chi connectivity index (χ1n) is 3.72. The van der Waals surface area contributed by atoms with Crippen LogP contribution in [-0.2, 0) is 0 Å². The molecule has 1 N–H and O–H groups in total. The van der Waals surface area contributed by atoms with Gasteiger partial charge in [0.1, 0.15) is 5.75 Å². The topological polar surface area (TPSA) is 69.0 Å². The molecule has 0 unspecified atom stereocenters. The van der Waals surface area contributed by atoms with E-state index in [2.05, 4.69) is 21.9 Å². The Hall–Kier alpha value is -1.82. The van der Waals surface area contributed by atoms with Crippen LogP contribution in [0.4, 0.5) is 0 Å². The molecular weight excluding hydrogens is 202 g/mol. The Morgan fingerprint density at radius 3 is 3.00 bits per heavy atom. The first-order chi connectivity index (χ1) is 6.74. The zero-order chi connectivity index (χ0) is 10.4. The van der Waals surface area contributed by atoms with Crippen molar-refractivity contribution < 1.29 is 5.11 Å². The fourth-order valence-corrected chi connectivity index (χ4v) is 0.979. The van der Waals surface area contributed by atoms with E-state index in [1.54, 1.807) is 12.1 Å². The highest BCUT2D eigenvalue weighted by atomic mass is 35.5. The predicted molar refractivity (Wildman–Crippen MR) is 54.0 cm³/mol. The largest absolute Gasteiger partial charge is 0.507 e. The third-order valence-electron chi connectivity index (χ3n) is 1.40. The summed E-state index contributed by atoms with van der Waals surface area (Å²) in [4.78, 5) is 2.54. The number of benzene rings is 1. The minimum atomic E-state index is 0.0194. The average Bonchev–Trinajstić information content (AvgIpc) is 2.15. The molecule has 0 saturated heterocycles. The van der Waals surface area contributed by atoms with Gasteiger partial charge in [-0.1, -0.05) is 28.6 Å². The van der Waals surface area contributed by atoms with Crippen LogP contribution in [0.3, 0.4) is 0 Å². The van der Waals surface area contributed by atoms with E-state index in [4.69, 9.17) is 17.1 Å². The van der Waals surface area contributed by atoms with Crippen molar-refractivity contribution in [3.8, 4) is 17.6 Å². The monoisotopic (exact) mass is 207 g/mol. The molecule has 0 fully saturated rings. The van der Waals surface area contributed by atoms with Gasteiger partial charge < -0.3 is 5.11 Å². The number of aromatic hydroxyl groups is 1. The van der Waals surface area contributed by atoms with Gasteiger partial charge in [0.05, 0.1) is 12.1 Å². The molecule has 1 aromatic carbocycles. The zero-order valence-electron chi connectivity index (χ0n) is 7.11. The Balaban J connectivity index is 2.84. The molecular formula is C9H6ClN3O. The Labute approximate surface area is 85.8 Å². The molecule has 1 aromatic rings. The van der Waals surface area contributed by atoms with E-state index in [1.807, 2.05) is 0 Å². The molecule has 5 heteroatoms. The number of halogens is 1. The number of hydrogen-bond acceptors (Lipinski definition) is 2. The summed E-state index contributed by atoms with van der Waals surface area (Å²) in [7, 11) is 0. The van der Waals surface area contributed by atoms with E-state index in [9.17, 15) is 5.11 Å². The molecule has 0 radical (unpaired) electrons. The van der Waals surface area contributed by atoms with E-state index < -0.39 is 0 Å². The van der Waals surface area contributed by atoms with Crippen LogP contribution in [0, 0.1) is 11.8 Å². The highest BCUT2D eigenvalue weighted by molar-refractivity contribution is 6.30. The predicted octanol–water partition coefficient (Wildman–Crippen LogP) is 2.71. The minimum Gasteiger partial charge on any atom is -0.507 e. The summed E-state index contributed by atoms with van der Waals surface area (Å²) >= 11 is 5.63. The Morgan fingerprint density at radius 2 is 2.36 bits per heavy atom. The average molecular weight is 208 g/mol. The maximum atomic E-state index is 9.36. The van der Waals surface area contributed by atoms with Crippen molar-refractivity contribution in [1.82, 2.24) is 0 Å². The molecule has 70 valence electrons. The number of nitrogens with zero attached hydrogens (tertiary/aromatic N) is 3. The lowest BCUT2D eigenvalue weighted by Gasteiger charge is -1.95. The molecule has 0 amide bonds. The Morgan fingerprint density at radius 1 is 1.57 bits per heavy atom. The second-order valence-corrected chi connectivity index (χ2v) is 2.79. The van der Waals surface area contributed by atoms with Gasteiger partial charge in [0.25, 0.3) is 0 Å². The van der Waals surface area contributed by atoms with Crippen LogP contribution in [0.2, 0.25) is 5.02 Å². The number of azide groups is 1. The maximum absolute atomic E-state index is 9.36. The standard InChI is InChI=1S/C9H6ClN3O/c10-8-4-3-7(9(14)6-8)2-1-5-12-13-11/h3-4,6,14H,5H2. The summed E-state index contributed by atoms with van der Waals surface area (Å²) in [5, 5.41) is 13.0. The lowest BCUT2D eigenvalue weighted by atomic mass is 10.2. The Bertz CT molecular complexity index is 441. The third-order valence-corrected chi connectivity index (χ3v) is 1.63. The molecule has 0 atom stereocenters. The van der Waals surface area contributed by atoms with Crippen LogP contribution in [0.1, 0.15) is 5.56 Å². The number of hydrogen-bond donors (Lipinski definition) is 1. The summed E-state index contributed by atoms with van der Waals surface area (Å²) < 4.78 is 0. The zero-order valence-corrected chi connectivity index (χ0v) is 7.86. The second kappa shape index (κ2) is 5.03. The number of rotatable bonds is 1. The molecule has 0 heterocycles. The minimum absolute atomic E-state index is 0.0194. The highest BCUT2D eigenvalue weighted by Gasteiger charge is 1.96. The van der Waals surface area contributed by atoms with Crippen molar-refractivity contribution in [1.29, 1.82) is 0 Å². The van der Waals surface area contributed by atoms with Crippen molar-refractivity contribution in [3.63, 3.8) is 0 Å². The molecule has 1 rings (SSSR count). The van der Waals surface area contributed by atoms with Gasteiger partial charge in [-0.3, -0.25) is 0 Å². The maximum Gasteiger partial charge on any atom is 0.132 e. The molecule has 0 aliphatic rings. The quantitative estimate of drug-likeness (QED) is 0.327. The van der Waals surface area contributed by atoms with Crippen LogP contribution >= 0.6 is 11.6 Å². The summed E-state index contributed by atoms with van der Waals surface area (Å²) in [6.45, 7) is 0.0819. The molecule has 0 aliphatic carbocycles. The molecule has 0 aromatic heterocycles. The van der Waals surface area contributed by atoms with Gasteiger partial charge in [-0.15, -0.1) is 0 Å². The van der Waals surface area contributed by atoms with Crippen molar-refractivity contribution in [2.24, 2.45) is 5.11 Å². The van der Waals surface area contributed by atoms with Crippen molar-refractivity contribution in [2.45, 2.75) is 0 Å². The molecule has 4 nitrogen and oxygen atoms in total. The third kappa shape index (κ3) is 2.91. The van der Waals surface area contributed by atoms with Gasteiger partial charge >= 0.3 is 0 Å². The first kappa shape index (κ1) is 10.3. The van der Waals surface area contributed by atoms with E-state index in [0.717, 1.165) is 0 Å². The van der Waals surface area contributed by atoms with Crippen LogP contribution in [0.15, 0.2) is 23.3 Å².